The van der Waals surface area contributed by atoms with E-state index in [1.807, 2.05) is 54.2 Å². The summed E-state index contributed by atoms with van der Waals surface area (Å²) in [6, 6.07) is 13.6. The zero-order valence-electron chi connectivity index (χ0n) is 12.6. The normalized spacial score (nSPS) is 10.9. The first-order chi connectivity index (χ1) is 10.7. The molecule has 0 spiro atoms. The van der Waals surface area contributed by atoms with Gasteiger partial charge in [0, 0.05) is 23.1 Å². The summed E-state index contributed by atoms with van der Waals surface area (Å²) in [4.78, 5) is 0. The maximum absolute atomic E-state index is 6.03. The maximum atomic E-state index is 6.03. The van der Waals surface area contributed by atoms with Gasteiger partial charge in [-0.3, -0.25) is 4.68 Å². The van der Waals surface area contributed by atoms with E-state index in [9.17, 15) is 0 Å². The minimum Gasteiger partial charge on any atom is -0.494 e. The molecule has 0 fully saturated rings. The van der Waals surface area contributed by atoms with Crippen molar-refractivity contribution in [2.24, 2.45) is 7.05 Å². The number of benzene rings is 2. The van der Waals surface area contributed by atoms with Crippen LogP contribution in [0.3, 0.4) is 0 Å². The van der Waals surface area contributed by atoms with Crippen molar-refractivity contribution < 1.29 is 4.74 Å². The standard InChI is InChI=1S/C17H18ClN3O/c1-3-9-22-14-7-8-16-15(11-14)17(20-21(16)2)19-13-6-4-5-12(18)10-13/h4-8,10-11H,3,9H2,1-2H3,(H,19,20). The number of anilines is 2. The highest BCUT2D eigenvalue weighted by molar-refractivity contribution is 6.30. The SMILES string of the molecule is CCCOc1ccc2c(c1)c(Nc1cccc(Cl)c1)nn2C. The van der Waals surface area contributed by atoms with E-state index in [-0.39, 0.29) is 0 Å². The zero-order chi connectivity index (χ0) is 15.5. The molecule has 0 aliphatic carbocycles. The van der Waals surface area contributed by atoms with Crippen LogP contribution in [-0.2, 0) is 7.05 Å². The Bertz CT molecular complexity index is 798. The third-order valence-corrected chi connectivity index (χ3v) is 3.62. The highest BCUT2D eigenvalue weighted by atomic mass is 35.5. The highest BCUT2D eigenvalue weighted by Crippen LogP contribution is 2.29. The van der Waals surface area contributed by atoms with Gasteiger partial charge in [-0.05, 0) is 42.8 Å². The van der Waals surface area contributed by atoms with Crippen molar-refractivity contribution >= 4 is 34.0 Å². The van der Waals surface area contributed by atoms with Crippen molar-refractivity contribution in [2.75, 3.05) is 11.9 Å². The van der Waals surface area contributed by atoms with Crippen molar-refractivity contribution in [3.8, 4) is 5.75 Å². The van der Waals surface area contributed by atoms with Crippen LogP contribution in [0.5, 0.6) is 5.75 Å². The number of halogens is 1. The molecule has 3 aromatic rings. The average molecular weight is 316 g/mol. The predicted molar refractivity (Wildman–Crippen MR) is 91.2 cm³/mol. The second-order valence-electron chi connectivity index (χ2n) is 5.13. The van der Waals surface area contributed by atoms with Crippen LogP contribution in [0.4, 0.5) is 11.5 Å². The minimum absolute atomic E-state index is 0.692. The molecule has 0 saturated heterocycles. The van der Waals surface area contributed by atoms with Crippen LogP contribution >= 0.6 is 11.6 Å². The van der Waals surface area contributed by atoms with E-state index in [4.69, 9.17) is 16.3 Å². The van der Waals surface area contributed by atoms with Gasteiger partial charge in [-0.2, -0.15) is 5.10 Å². The first-order valence-corrected chi connectivity index (χ1v) is 7.67. The van der Waals surface area contributed by atoms with E-state index in [2.05, 4.69) is 17.3 Å². The van der Waals surface area contributed by atoms with Gasteiger partial charge < -0.3 is 10.1 Å². The van der Waals surface area contributed by atoms with E-state index in [0.717, 1.165) is 34.6 Å². The van der Waals surface area contributed by atoms with Gasteiger partial charge in [-0.1, -0.05) is 24.6 Å². The van der Waals surface area contributed by atoms with Gasteiger partial charge >= 0.3 is 0 Å². The number of hydrogen-bond acceptors (Lipinski definition) is 3. The molecule has 4 nitrogen and oxygen atoms in total. The van der Waals surface area contributed by atoms with Gasteiger partial charge in [0.15, 0.2) is 5.82 Å². The summed E-state index contributed by atoms with van der Waals surface area (Å²) in [6.07, 6.45) is 0.985. The molecular weight excluding hydrogens is 298 g/mol. The molecule has 0 radical (unpaired) electrons. The van der Waals surface area contributed by atoms with Gasteiger partial charge in [0.2, 0.25) is 0 Å². The largest absolute Gasteiger partial charge is 0.494 e. The Labute approximate surface area is 134 Å². The van der Waals surface area contributed by atoms with Gasteiger partial charge in [-0.25, -0.2) is 0 Å². The van der Waals surface area contributed by atoms with Crippen molar-refractivity contribution in [3.05, 3.63) is 47.5 Å². The second-order valence-corrected chi connectivity index (χ2v) is 5.57. The molecule has 0 unspecified atom stereocenters. The lowest BCUT2D eigenvalue weighted by molar-refractivity contribution is 0.318. The van der Waals surface area contributed by atoms with E-state index in [1.54, 1.807) is 0 Å². The Morgan fingerprint density at radius 3 is 2.86 bits per heavy atom. The monoisotopic (exact) mass is 315 g/mol. The molecule has 0 saturated carbocycles. The van der Waals surface area contributed by atoms with Gasteiger partial charge in [0.05, 0.1) is 12.1 Å². The molecule has 114 valence electrons. The Balaban J connectivity index is 1.97. The predicted octanol–water partition coefficient (Wildman–Crippen LogP) is 4.76. The second kappa shape index (κ2) is 6.28. The lowest BCUT2D eigenvalue weighted by Gasteiger charge is -2.06. The molecule has 3 rings (SSSR count). The molecular formula is C17H18ClN3O. The molecule has 1 heterocycles. The van der Waals surface area contributed by atoms with Gasteiger partial charge in [0.1, 0.15) is 5.75 Å². The van der Waals surface area contributed by atoms with E-state index in [0.29, 0.717) is 11.6 Å². The number of rotatable bonds is 5. The number of ether oxygens (including phenoxy) is 1. The van der Waals surface area contributed by atoms with Crippen molar-refractivity contribution in [1.29, 1.82) is 0 Å². The molecule has 2 aromatic carbocycles. The lowest BCUT2D eigenvalue weighted by Crippen LogP contribution is -1.95. The third-order valence-electron chi connectivity index (χ3n) is 3.38. The average Bonchev–Trinajstić information content (AvgIpc) is 2.81. The lowest BCUT2D eigenvalue weighted by atomic mass is 10.2. The summed E-state index contributed by atoms with van der Waals surface area (Å²) >= 11 is 6.03. The summed E-state index contributed by atoms with van der Waals surface area (Å²) in [5, 5.41) is 9.58. The van der Waals surface area contributed by atoms with Crippen molar-refractivity contribution in [1.82, 2.24) is 9.78 Å². The summed E-state index contributed by atoms with van der Waals surface area (Å²) in [6.45, 7) is 2.80. The van der Waals surface area contributed by atoms with E-state index < -0.39 is 0 Å². The number of aromatic nitrogens is 2. The Morgan fingerprint density at radius 2 is 2.09 bits per heavy atom. The van der Waals surface area contributed by atoms with Crippen molar-refractivity contribution in [2.45, 2.75) is 13.3 Å². The van der Waals surface area contributed by atoms with Crippen LogP contribution in [0, 0.1) is 0 Å². The number of hydrogen-bond donors (Lipinski definition) is 1. The first kappa shape index (κ1) is 14.7. The third kappa shape index (κ3) is 3.02. The Kier molecular flexibility index (Phi) is 4.20. The number of aryl methyl sites for hydroxylation is 1. The molecule has 0 aliphatic rings. The molecule has 0 amide bonds. The van der Waals surface area contributed by atoms with Gasteiger partial charge in [0.25, 0.3) is 0 Å². The molecule has 1 N–H and O–H groups in total. The van der Waals surface area contributed by atoms with Crippen molar-refractivity contribution in [3.63, 3.8) is 0 Å². The molecule has 0 atom stereocenters. The number of nitrogens with zero attached hydrogens (tertiary/aromatic N) is 2. The van der Waals surface area contributed by atoms with Crippen LogP contribution in [0.2, 0.25) is 5.02 Å². The van der Waals surface area contributed by atoms with Crippen LogP contribution in [0.15, 0.2) is 42.5 Å². The topological polar surface area (TPSA) is 39.1 Å². The fourth-order valence-corrected chi connectivity index (χ4v) is 2.54. The molecule has 5 heteroatoms. The summed E-state index contributed by atoms with van der Waals surface area (Å²) in [7, 11) is 1.93. The van der Waals surface area contributed by atoms with E-state index in [1.165, 1.54) is 0 Å². The van der Waals surface area contributed by atoms with Crippen LogP contribution in [0.1, 0.15) is 13.3 Å². The van der Waals surface area contributed by atoms with Gasteiger partial charge in [-0.15, -0.1) is 0 Å². The van der Waals surface area contributed by atoms with Crippen LogP contribution in [-0.4, -0.2) is 16.4 Å². The van der Waals surface area contributed by atoms with Crippen LogP contribution < -0.4 is 10.1 Å². The quantitative estimate of drug-likeness (QED) is 0.738. The summed E-state index contributed by atoms with van der Waals surface area (Å²) < 4.78 is 7.56. The molecule has 1 aromatic heterocycles. The highest BCUT2D eigenvalue weighted by Gasteiger charge is 2.10. The van der Waals surface area contributed by atoms with Crippen LogP contribution in [0.25, 0.3) is 10.9 Å². The summed E-state index contributed by atoms with van der Waals surface area (Å²) in [5.41, 5.74) is 1.96. The first-order valence-electron chi connectivity index (χ1n) is 7.29. The fourth-order valence-electron chi connectivity index (χ4n) is 2.35. The number of nitrogens with one attached hydrogen (secondary N) is 1. The van der Waals surface area contributed by atoms with E-state index >= 15 is 0 Å². The molecule has 0 bridgehead atoms. The fraction of sp³-hybridized carbons (Fsp3) is 0.235. The zero-order valence-corrected chi connectivity index (χ0v) is 13.4. The maximum Gasteiger partial charge on any atom is 0.160 e. The Hall–Kier alpha value is -2.20. The molecule has 22 heavy (non-hydrogen) atoms. The summed E-state index contributed by atoms with van der Waals surface area (Å²) in [5.74, 6) is 1.65. The minimum atomic E-state index is 0.692. The Morgan fingerprint density at radius 1 is 1.23 bits per heavy atom. The molecule has 0 aliphatic heterocycles. The smallest absolute Gasteiger partial charge is 0.160 e. The number of fused-ring (bicyclic) bond motifs is 1.